The molecular weight excluding hydrogens is 388 g/mol. The van der Waals surface area contributed by atoms with Crippen molar-refractivity contribution in [1.29, 1.82) is 0 Å². The number of fused-ring (bicyclic) bond motifs is 1. The molecule has 0 bridgehead atoms. The summed E-state index contributed by atoms with van der Waals surface area (Å²) in [6, 6.07) is 9.24. The van der Waals surface area contributed by atoms with Gasteiger partial charge >= 0.3 is 5.69 Å². The highest BCUT2D eigenvalue weighted by molar-refractivity contribution is 5.13. The topological polar surface area (TPSA) is 91.9 Å². The van der Waals surface area contributed by atoms with Gasteiger partial charge in [0.15, 0.2) is 5.79 Å². The summed E-state index contributed by atoms with van der Waals surface area (Å²) < 4.78 is 20.3. The van der Waals surface area contributed by atoms with Crippen LogP contribution in [0.3, 0.4) is 0 Å². The molecule has 2 heterocycles. The van der Waals surface area contributed by atoms with E-state index in [2.05, 4.69) is 0 Å². The lowest BCUT2D eigenvalue weighted by atomic mass is 10.1. The third kappa shape index (κ3) is 3.88. The summed E-state index contributed by atoms with van der Waals surface area (Å²) in [5, 5.41) is 9.80. The van der Waals surface area contributed by atoms with Crippen molar-refractivity contribution in [2.24, 2.45) is 5.92 Å². The Kier molecular flexibility index (Phi) is 5.67. The first-order valence-corrected chi connectivity index (χ1v) is 10.2. The van der Waals surface area contributed by atoms with Gasteiger partial charge in [0.1, 0.15) is 12.8 Å². The number of nitrogens with zero attached hydrogens (tertiary/aromatic N) is 2. The Balaban J connectivity index is 1.61. The number of ether oxygens (including phenoxy) is 3. The van der Waals surface area contributed by atoms with Crippen LogP contribution in [0.2, 0.25) is 0 Å². The van der Waals surface area contributed by atoms with Crippen molar-refractivity contribution >= 4 is 0 Å². The molecule has 0 amide bonds. The summed E-state index contributed by atoms with van der Waals surface area (Å²) in [7, 11) is 0. The van der Waals surface area contributed by atoms with Crippen LogP contribution in [0, 0.1) is 12.8 Å². The average molecular weight is 416 g/mol. The first-order valence-electron chi connectivity index (χ1n) is 10.2. The van der Waals surface area contributed by atoms with Gasteiger partial charge in [-0.1, -0.05) is 30.3 Å². The summed E-state index contributed by atoms with van der Waals surface area (Å²) in [6.45, 7) is 5.43. The Morgan fingerprint density at radius 3 is 2.57 bits per heavy atom. The predicted octanol–water partition coefficient (Wildman–Crippen LogP) is 1.57. The fraction of sp³-hybridized carbons (Fsp3) is 0.545. The van der Waals surface area contributed by atoms with E-state index in [1.54, 1.807) is 17.7 Å². The summed E-state index contributed by atoms with van der Waals surface area (Å²) in [5.41, 5.74) is 0.581. The molecule has 0 radical (unpaired) electrons. The van der Waals surface area contributed by atoms with Crippen LogP contribution >= 0.6 is 0 Å². The van der Waals surface area contributed by atoms with Crippen molar-refractivity contribution in [2.45, 2.75) is 64.6 Å². The highest BCUT2D eigenvalue weighted by atomic mass is 16.8. The van der Waals surface area contributed by atoms with Gasteiger partial charge in [0, 0.05) is 24.3 Å². The van der Waals surface area contributed by atoms with Crippen molar-refractivity contribution < 1.29 is 19.3 Å². The third-order valence-corrected chi connectivity index (χ3v) is 5.84. The Morgan fingerprint density at radius 2 is 1.87 bits per heavy atom. The molecule has 30 heavy (non-hydrogen) atoms. The maximum absolute atomic E-state index is 13.2. The molecule has 0 unspecified atom stereocenters. The lowest BCUT2D eigenvalue weighted by Gasteiger charge is -2.24. The normalized spacial score (nSPS) is 27.3. The van der Waals surface area contributed by atoms with Gasteiger partial charge in [-0.2, -0.15) is 0 Å². The van der Waals surface area contributed by atoms with Crippen molar-refractivity contribution in [1.82, 2.24) is 9.13 Å². The molecule has 1 aliphatic carbocycles. The molecule has 1 aliphatic heterocycles. The molecule has 4 atom stereocenters. The second kappa shape index (κ2) is 8.11. The lowest BCUT2D eigenvalue weighted by molar-refractivity contribution is -0.161. The fourth-order valence-corrected chi connectivity index (χ4v) is 4.45. The van der Waals surface area contributed by atoms with E-state index >= 15 is 0 Å². The highest BCUT2D eigenvalue weighted by Gasteiger charge is 2.54. The summed E-state index contributed by atoms with van der Waals surface area (Å²) in [4.78, 5) is 25.8. The van der Waals surface area contributed by atoms with E-state index in [0.29, 0.717) is 18.6 Å². The molecule has 8 heteroatoms. The summed E-state index contributed by atoms with van der Waals surface area (Å²) in [6.07, 6.45) is 1.45. The van der Waals surface area contributed by atoms with Crippen molar-refractivity contribution in [2.75, 3.05) is 6.61 Å². The van der Waals surface area contributed by atoms with E-state index in [0.717, 1.165) is 10.1 Å². The molecule has 2 fully saturated rings. The van der Waals surface area contributed by atoms with Crippen molar-refractivity contribution in [3.05, 3.63) is 68.5 Å². The van der Waals surface area contributed by atoms with Gasteiger partial charge in [0.2, 0.25) is 0 Å². The zero-order chi connectivity index (χ0) is 21.5. The van der Waals surface area contributed by atoms with Gasteiger partial charge in [0.05, 0.1) is 18.8 Å². The molecule has 1 saturated heterocycles. The number of rotatable bonds is 6. The van der Waals surface area contributed by atoms with Gasteiger partial charge in [-0.15, -0.1) is 0 Å². The third-order valence-electron chi connectivity index (χ3n) is 5.84. The van der Waals surface area contributed by atoms with Gasteiger partial charge in [0.25, 0.3) is 5.56 Å². The van der Waals surface area contributed by atoms with Crippen LogP contribution in [0.5, 0.6) is 0 Å². The van der Waals surface area contributed by atoms with Crippen LogP contribution in [-0.2, 0) is 27.5 Å². The highest BCUT2D eigenvalue weighted by Crippen LogP contribution is 2.46. The van der Waals surface area contributed by atoms with Crippen LogP contribution in [0.4, 0.5) is 0 Å². The zero-order valence-electron chi connectivity index (χ0n) is 17.5. The van der Waals surface area contributed by atoms with Gasteiger partial charge in [-0.3, -0.25) is 9.36 Å². The standard InChI is InChI=1S/C22H28N2O6/c1-14-10-23(17-9-16(11-25)18-19(17)30-22(2,3)29-18)21(27)24(20(14)26)13-28-12-15-7-5-4-6-8-15/h4-8,10,16-19,25H,9,11-13H2,1-3H3/t16-,17-,18-,19+/m1/s1. The Bertz CT molecular complexity index is 1010. The van der Waals surface area contributed by atoms with Gasteiger partial charge in [-0.05, 0) is 32.8 Å². The zero-order valence-corrected chi connectivity index (χ0v) is 17.5. The molecule has 162 valence electrons. The largest absolute Gasteiger partial charge is 0.396 e. The average Bonchev–Trinajstić information content (AvgIpc) is 3.21. The number of hydrogen-bond acceptors (Lipinski definition) is 6. The summed E-state index contributed by atoms with van der Waals surface area (Å²) in [5.74, 6) is -0.920. The molecule has 1 N–H and O–H groups in total. The fourth-order valence-electron chi connectivity index (χ4n) is 4.45. The van der Waals surface area contributed by atoms with Crippen LogP contribution in [0.1, 0.15) is 37.4 Å². The molecule has 8 nitrogen and oxygen atoms in total. The SMILES string of the molecule is Cc1cn([C@@H]2C[C@H](CO)[C@H]3OC(C)(C)O[C@H]32)c(=O)n(COCc2ccccc2)c1=O. The predicted molar refractivity (Wildman–Crippen MR) is 109 cm³/mol. The van der Waals surface area contributed by atoms with Gasteiger partial charge < -0.3 is 19.3 Å². The minimum Gasteiger partial charge on any atom is -0.396 e. The second-order valence-electron chi connectivity index (χ2n) is 8.51. The molecular formula is C22H28N2O6. The smallest absolute Gasteiger partial charge is 0.333 e. The maximum atomic E-state index is 13.2. The number of aliphatic hydroxyl groups excluding tert-OH is 1. The number of hydrogen-bond donors (Lipinski definition) is 1. The number of benzene rings is 1. The number of aryl methyl sites for hydroxylation is 1. The molecule has 1 saturated carbocycles. The number of aromatic nitrogens is 2. The van der Waals surface area contributed by atoms with Crippen LogP contribution in [0.15, 0.2) is 46.1 Å². The van der Waals surface area contributed by atoms with Crippen LogP contribution < -0.4 is 11.2 Å². The second-order valence-corrected chi connectivity index (χ2v) is 8.51. The Morgan fingerprint density at radius 1 is 1.17 bits per heavy atom. The van der Waals surface area contributed by atoms with E-state index in [9.17, 15) is 14.7 Å². The number of aliphatic hydroxyl groups is 1. The minimum atomic E-state index is -0.784. The van der Waals surface area contributed by atoms with Crippen molar-refractivity contribution in [3.8, 4) is 0 Å². The van der Waals surface area contributed by atoms with Crippen LogP contribution in [0.25, 0.3) is 0 Å². The first-order chi connectivity index (χ1) is 14.3. The van der Waals surface area contributed by atoms with E-state index in [4.69, 9.17) is 14.2 Å². The first kappa shape index (κ1) is 21.0. The van der Waals surface area contributed by atoms with Crippen LogP contribution in [-0.4, -0.2) is 38.8 Å². The Labute approximate surface area is 174 Å². The maximum Gasteiger partial charge on any atom is 0.333 e. The van der Waals surface area contributed by atoms with E-state index in [1.165, 1.54) is 0 Å². The molecule has 1 aromatic heterocycles. The molecule has 0 spiro atoms. The molecule has 4 rings (SSSR count). The van der Waals surface area contributed by atoms with E-state index in [-0.39, 0.29) is 43.1 Å². The van der Waals surface area contributed by atoms with E-state index in [1.807, 2.05) is 44.2 Å². The molecule has 2 aliphatic rings. The van der Waals surface area contributed by atoms with Crippen molar-refractivity contribution in [3.63, 3.8) is 0 Å². The Hall–Kier alpha value is -2.26. The lowest BCUT2D eigenvalue weighted by Crippen LogP contribution is -2.44. The molecule has 1 aromatic carbocycles. The minimum absolute atomic E-state index is 0.0509. The molecule has 2 aromatic rings. The monoisotopic (exact) mass is 416 g/mol. The van der Waals surface area contributed by atoms with Gasteiger partial charge in [-0.25, -0.2) is 9.36 Å². The van der Waals surface area contributed by atoms with E-state index < -0.39 is 11.5 Å². The quantitative estimate of drug-likeness (QED) is 0.769. The summed E-state index contributed by atoms with van der Waals surface area (Å²) >= 11 is 0.